The van der Waals surface area contributed by atoms with E-state index in [0.717, 1.165) is 33.6 Å². The van der Waals surface area contributed by atoms with E-state index in [1.54, 1.807) is 0 Å². The summed E-state index contributed by atoms with van der Waals surface area (Å²) in [5.41, 5.74) is 17.5. The van der Waals surface area contributed by atoms with Gasteiger partial charge in [-0.1, -0.05) is 200 Å². The Labute approximate surface area is 326 Å². The maximum Gasteiger partial charge on any atom is 0.160 e. The first-order chi connectivity index (χ1) is 27.8. The summed E-state index contributed by atoms with van der Waals surface area (Å²) in [6.45, 7) is 0. The minimum Gasteiger partial charge on any atom is -0.228 e. The molecule has 0 fully saturated rings. The summed E-state index contributed by atoms with van der Waals surface area (Å²) in [7, 11) is 0. The van der Waals surface area contributed by atoms with Crippen LogP contribution in [0.15, 0.2) is 206 Å². The van der Waals surface area contributed by atoms with Gasteiger partial charge in [-0.3, -0.25) is 0 Å². The zero-order valence-electron chi connectivity index (χ0n) is 30.5. The van der Waals surface area contributed by atoms with Gasteiger partial charge in [-0.05, 0) is 83.2 Å². The average molecular weight is 711 g/mol. The molecule has 1 aromatic heterocycles. The highest BCUT2D eigenvalue weighted by atomic mass is 14.9. The van der Waals surface area contributed by atoms with Crippen LogP contribution in [0.25, 0.3) is 111 Å². The van der Waals surface area contributed by atoms with Crippen LogP contribution < -0.4 is 0 Å². The SMILES string of the molecule is c1ccc(-c2cc(-c3ccc(-c4ccc5ccccc5c4-c4ccc(-c5ccc6c7c(cccc57)-c5ccccc5-6)cc4)cc3)nc(-c3ccccc3)n2)cc1. The lowest BCUT2D eigenvalue weighted by Gasteiger charge is -2.16. The van der Waals surface area contributed by atoms with Gasteiger partial charge in [-0.15, -0.1) is 0 Å². The Bertz CT molecular complexity index is 3010. The Hall–Kier alpha value is -7.42. The third-order valence-corrected chi connectivity index (χ3v) is 11.3. The first kappa shape index (κ1) is 32.0. The van der Waals surface area contributed by atoms with Crippen LogP contribution >= 0.6 is 0 Å². The van der Waals surface area contributed by atoms with Crippen molar-refractivity contribution in [2.75, 3.05) is 0 Å². The van der Waals surface area contributed by atoms with E-state index >= 15 is 0 Å². The summed E-state index contributed by atoms with van der Waals surface area (Å²) in [5.74, 6) is 0.716. The lowest BCUT2D eigenvalue weighted by Crippen LogP contribution is -1.96. The lowest BCUT2D eigenvalue weighted by atomic mass is 9.88. The molecule has 0 amide bonds. The molecular weight excluding hydrogens is 677 g/mol. The zero-order chi connectivity index (χ0) is 37.0. The number of rotatable bonds is 6. The highest BCUT2D eigenvalue weighted by Gasteiger charge is 2.22. The van der Waals surface area contributed by atoms with Crippen LogP contribution in [0.1, 0.15) is 0 Å². The van der Waals surface area contributed by atoms with E-state index in [2.05, 4.69) is 182 Å². The quantitative estimate of drug-likeness (QED) is 0.172. The molecule has 1 aliphatic rings. The van der Waals surface area contributed by atoms with Crippen molar-refractivity contribution in [3.8, 4) is 89.5 Å². The van der Waals surface area contributed by atoms with Crippen molar-refractivity contribution >= 4 is 21.5 Å². The molecule has 0 bridgehead atoms. The Morgan fingerprint density at radius 2 is 0.750 bits per heavy atom. The molecule has 0 radical (unpaired) electrons. The van der Waals surface area contributed by atoms with Crippen LogP contribution in [0, 0.1) is 0 Å². The second-order valence-corrected chi connectivity index (χ2v) is 14.5. The molecule has 0 unspecified atom stereocenters. The van der Waals surface area contributed by atoms with Crippen molar-refractivity contribution in [2.24, 2.45) is 0 Å². The third kappa shape index (κ3) is 5.34. The predicted molar refractivity (Wildman–Crippen MR) is 234 cm³/mol. The molecule has 0 aliphatic heterocycles. The topological polar surface area (TPSA) is 25.8 Å². The number of hydrogen-bond donors (Lipinski definition) is 0. The van der Waals surface area contributed by atoms with Crippen molar-refractivity contribution in [3.63, 3.8) is 0 Å². The fourth-order valence-corrected chi connectivity index (χ4v) is 8.59. The number of hydrogen-bond acceptors (Lipinski definition) is 2. The Morgan fingerprint density at radius 3 is 1.46 bits per heavy atom. The normalized spacial score (nSPS) is 11.6. The van der Waals surface area contributed by atoms with E-state index in [1.807, 2.05) is 24.3 Å². The van der Waals surface area contributed by atoms with Gasteiger partial charge in [-0.25, -0.2) is 9.97 Å². The van der Waals surface area contributed by atoms with Crippen LogP contribution in [0.5, 0.6) is 0 Å². The Morgan fingerprint density at radius 1 is 0.268 bits per heavy atom. The maximum absolute atomic E-state index is 5.07. The summed E-state index contributed by atoms with van der Waals surface area (Å²) in [6, 6.07) is 74.0. The molecule has 0 spiro atoms. The van der Waals surface area contributed by atoms with Gasteiger partial charge in [-0.2, -0.15) is 0 Å². The number of fused-ring (bicyclic) bond motifs is 4. The molecule has 1 aliphatic carbocycles. The molecule has 2 heteroatoms. The molecular formula is C54H34N2. The van der Waals surface area contributed by atoms with Gasteiger partial charge >= 0.3 is 0 Å². The van der Waals surface area contributed by atoms with Crippen molar-refractivity contribution < 1.29 is 0 Å². The molecule has 0 saturated heterocycles. The first-order valence-corrected chi connectivity index (χ1v) is 19.2. The van der Waals surface area contributed by atoms with Gasteiger partial charge < -0.3 is 0 Å². The molecule has 9 aromatic carbocycles. The van der Waals surface area contributed by atoms with Gasteiger partial charge in [0, 0.05) is 16.7 Å². The standard InChI is InChI=1S/C54H34N2/c1-3-13-38(14-4-1)50-34-51(56-54(55-50)41-15-5-2-6-16-41)39-26-22-37(23-27-39)44-31-30-35-12-7-8-17-43(35)52(44)40-28-24-36(25-29-40)42-32-33-49-46-19-10-9-18-45(46)48-21-11-20-47(42)53(48)49/h1-34H. The maximum atomic E-state index is 5.07. The van der Waals surface area contributed by atoms with Gasteiger partial charge in [0.15, 0.2) is 5.82 Å². The molecule has 260 valence electrons. The largest absolute Gasteiger partial charge is 0.228 e. The molecule has 2 nitrogen and oxygen atoms in total. The van der Waals surface area contributed by atoms with Crippen LogP contribution in [-0.4, -0.2) is 9.97 Å². The first-order valence-electron chi connectivity index (χ1n) is 19.2. The molecule has 1 heterocycles. The predicted octanol–water partition coefficient (Wildman–Crippen LogP) is 14.4. The van der Waals surface area contributed by atoms with Crippen molar-refractivity contribution in [1.29, 1.82) is 0 Å². The van der Waals surface area contributed by atoms with Gasteiger partial charge in [0.25, 0.3) is 0 Å². The summed E-state index contributed by atoms with van der Waals surface area (Å²) in [4.78, 5) is 10.1. The number of nitrogens with zero attached hydrogens (tertiary/aromatic N) is 2. The zero-order valence-corrected chi connectivity index (χ0v) is 30.5. The number of aromatic nitrogens is 2. The minimum absolute atomic E-state index is 0.716. The lowest BCUT2D eigenvalue weighted by molar-refractivity contribution is 1.18. The molecule has 0 N–H and O–H groups in total. The monoisotopic (exact) mass is 710 g/mol. The van der Waals surface area contributed by atoms with Gasteiger partial charge in [0.05, 0.1) is 11.4 Å². The average Bonchev–Trinajstić information content (AvgIpc) is 3.61. The summed E-state index contributed by atoms with van der Waals surface area (Å²) in [5, 5.41) is 5.11. The van der Waals surface area contributed by atoms with E-state index in [0.29, 0.717) is 5.82 Å². The van der Waals surface area contributed by atoms with Crippen molar-refractivity contribution in [2.45, 2.75) is 0 Å². The Kier molecular flexibility index (Phi) is 7.53. The van der Waals surface area contributed by atoms with Crippen LogP contribution in [0.3, 0.4) is 0 Å². The van der Waals surface area contributed by atoms with E-state index in [4.69, 9.17) is 9.97 Å². The van der Waals surface area contributed by atoms with Crippen LogP contribution in [0.4, 0.5) is 0 Å². The second-order valence-electron chi connectivity index (χ2n) is 14.5. The third-order valence-electron chi connectivity index (χ3n) is 11.3. The van der Waals surface area contributed by atoms with Crippen molar-refractivity contribution in [3.05, 3.63) is 206 Å². The fourth-order valence-electron chi connectivity index (χ4n) is 8.59. The van der Waals surface area contributed by atoms with Crippen LogP contribution in [-0.2, 0) is 0 Å². The van der Waals surface area contributed by atoms with Crippen LogP contribution in [0.2, 0.25) is 0 Å². The summed E-state index contributed by atoms with van der Waals surface area (Å²) < 4.78 is 0. The molecule has 11 rings (SSSR count). The number of benzene rings is 9. The van der Waals surface area contributed by atoms with E-state index < -0.39 is 0 Å². The molecule has 10 aromatic rings. The highest BCUT2D eigenvalue weighted by Crippen LogP contribution is 2.49. The summed E-state index contributed by atoms with van der Waals surface area (Å²) >= 11 is 0. The van der Waals surface area contributed by atoms with E-state index in [9.17, 15) is 0 Å². The molecule has 0 atom stereocenters. The second kappa shape index (κ2) is 13.2. The summed E-state index contributed by atoms with van der Waals surface area (Å²) in [6.07, 6.45) is 0. The Balaban J connectivity index is 0.991. The van der Waals surface area contributed by atoms with E-state index in [-0.39, 0.29) is 0 Å². The van der Waals surface area contributed by atoms with Gasteiger partial charge in [0.1, 0.15) is 0 Å². The fraction of sp³-hybridized carbons (Fsp3) is 0. The highest BCUT2D eigenvalue weighted by molar-refractivity contribution is 6.18. The van der Waals surface area contributed by atoms with E-state index in [1.165, 1.54) is 71.6 Å². The minimum atomic E-state index is 0.716. The molecule has 56 heavy (non-hydrogen) atoms. The van der Waals surface area contributed by atoms with Gasteiger partial charge in [0.2, 0.25) is 0 Å². The smallest absolute Gasteiger partial charge is 0.160 e. The molecule has 0 saturated carbocycles. The van der Waals surface area contributed by atoms with Crippen molar-refractivity contribution in [1.82, 2.24) is 9.97 Å².